The van der Waals surface area contributed by atoms with E-state index in [-0.39, 0.29) is 11.4 Å². The van der Waals surface area contributed by atoms with Crippen LogP contribution in [0.3, 0.4) is 0 Å². The zero-order valence-electron chi connectivity index (χ0n) is 14.7. The molecule has 0 unspecified atom stereocenters. The first-order valence-corrected chi connectivity index (χ1v) is 8.04. The van der Waals surface area contributed by atoms with Crippen molar-refractivity contribution in [3.63, 3.8) is 0 Å². The molecule has 0 bridgehead atoms. The maximum absolute atomic E-state index is 12.8. The van der Waals surface area contributed by atoms with E-state index in [2.05, 4.69) is 0 Å². The number of ketones is 1. The van der Waals surface area contributed by atoms with Gasteiger partial charge in [-0.05, 0) is 36.8 Å². The third-order valence-electron chi connectivity index (χ3n) is 4.36. The molecule has 0 aliphatic carbocycles. The van der Waals surface area contributed by atoms with Crippen molar-refractivity contribution in [3.8, 4) is 11.5 Å². The smallest absolute Gasteiger partial charge is 0.294 e. The van der Waals surface area contributed by atoms with Crippen LogP contribution < -0.4 is 14.4 Å². The number of rotatable bonds is 5. The fraction of sp³-hybridized carbons (Fsp3) is 0.200. The van der Waals surface area contributed by atoms with Crippen molar-refractivity contribution in [3.05, 3.63) is 65.4 Å². The van der Waals surface area contributed by atoms with Crippen LogP contribution in [0.15, 0.2) is 59.9 Å². The number of ether oxygens (including phenoxy) is 2. The van der Waals surface area contributed by atoms with Gasteiger partial charge >= 0.3 is 0 Å². The Morgan fingerprint density at radius 2 is 1.69 bits per heavy atom. The molecular formula is C20H19NO5. The first kappa shape index (κ1) is 17.5. The van der Waals surface area contributed by atoms with E-state index in [9.17, 15) is 14.7 Å². The van der Waals surface area contributed by atoms with E-state index in [1.807, 2.05) is 0 Å². The molecule has 0 saturated carbocycles. The van der Waals surface area contributed by atoms with Gasteiger partial charge in [-0.1, -0.05) is 24.3 Å². The number of aliphatic hydroxyl groups excluding tert-OH is 1. The van der Waals surface area contributed by atoms with Crippen LogP contribution in [0.5, 0.6) is 11.5 Å². The molecule has 1 amide bonds. The van der Waals surface area contributed by atoms with Gasteiger partial charge in [-0.25, -0.2) is 0 Å². The zero-order valence-corrected chi connectivity index (χ0v) is 14.7. The highest BCUT2D eigenvalue weighted by molar-refractivity contribution is 6.16. The van der Waals surface area contributed by atoms with Gasteiger partial charge < -0.3 is 14.6 Å². The lowest BCUT2D eigenvalue weighted by Crippen LogP contribution is -2.31. The number of methoxy groups -OCH3 is 2. The largest absolute Gasteiger partial charge is 0.503 e. The molecule has 3 rings (SSSR count). The average Bonchev–Trinajstić information content (AvgIpc) is 2.93. The van der Waals surface area contributed by atoms with Crippen molar-refractivity contribution in [1.82, 2.24) is 0 Å². The number of aliphatic hydroxyl groups is 1. The van der Waals surface area contributed by atoms with E-state index in [4.69, 9.17) is 9.47 Å². The number of carbonyl (C=O) groups is 2. The predicted molar refractivity (Wildman–Crippen MR) is 96.6 cm³/mol. The summed E-state index contributed by atoms with van der Waals surface area (Å²) in [5.74, 6) is -0.421. The Hall–Kier alpha value is -3.28. The molecule has 1 atom stereocenters. The quantitative estimate of drug-likeness (QED) is 0.893. The van der Waals surface area contributed by atoms with Crippen LogP contribution in [0, 0.1) is 0 Å². The topological polar surface area (TPSA) is 76.1 Å². The lowest BCUT2D eigenvalue weighted by atomic mass is 9.96. The minimum atomic E-state index is -0.748. The van der Waals surface area contributed by atoms with Crippen molar-refractivity contribution >= 4 is 17.4 Å². The van der Waals surface area contributed by atoms with E-state index in [1.165, 1.54) is 18.9 Å². The van der Waals surface area contributed by atoms with Gasteiger partial charge in [-0.3, -0.25) is 14.5 Å². The van der Waals surface area contributed by atoms with Gasteiger partial charge in [-0.15, -0.1) is 0 Å². The number of hydrogen-bond acceptors (Lipinski definition) is 5. The third-order valence-corrected chi connectivity index (χ3v) is 4.36. The highest BCUT2D eigenvalue weighted by Crippen LogP contribution is 2.44. The molecule has 6 heteroatoms. The van der Waals surface area contributed by atoms with Crippen molar-refractivity contribution in [1.29, 1.82) is 0 Å². The number of hydrogen-bond donors (Lipinski definition) is 1. The van der Waals surface area contributed by atoms with Crippen LogP contribution in [0.25, 0.3) is 0 Å². The molecular weight excluding hydrogens is 334 g/mol. The molecule has 1 heterocycles. The van der Waals surface area contributed by atoms with Gasteiger partial charge in [0.05, 0.1) is 31.5 Å². The summed E-state index contributed by atoms with van der Waals surface area (Å²) in [6.45, 7) is 1.33. The number of nitrogens with zero attached hydrogens (tertiary/aromatic N) is 1. The summed E-state index contributed by atoms with van der Waals surface area (Å²) in [5, 5.41) is 10.4. The van der Waals surface area contributed by atoms with Crippen LogP contribution in [0.4, 0.5) is 5.69 Å². The average molecular weight is 353 g/mol. The van der Waals surface area contributed by atoms with Gasteiger partial charge in [0.2, 0.25) is 0 Å². The summed E-state index contributed by atoms with van der Waals surface area (Å²) in [7, 11) is 3.06. The molecule has 1 aliphatic heterocycles. The molecule has 1 aliphatic rings. The molecule has 0 spiro atoms. The van der Waals surface area contributed by atoms with Crippen LogP contribution in [0.1, 0.15) is 18.5 Å². The number of para-hydroxylation sites is 2. The lowest BCUT2D eigenvalue weighted by Gasteiger charge is -2.28. The minimum absolute atomic E-state index is 0.0612. The number of Topliss-reactive ketones (excluding diaryl/α,β-unsaturated/α-hetero) is 1. The molecule has 6 nitrogen and oxygen atoms in total. The zero-order chi connectivity index (χ0) is 18.8. The second kappa shape index (κ2) is 6.92. The number of amides is 1. The number of anilines is 1. The molecule has 0 radical (unpaired) electrons. The number of benzene rings is 2. The van der Waals surface area contributed by atoms with Gasteiger partial charge in [0.25, 0.3) is 5.91 Å². The molecule has 0 fully saturated rings. The summed E-state index contributed by atoms with van der Waals surface area (Å²) in [4.78, 5) is 26.4. The number of carbonyl (C=O) groups excluding carboxylic acids is 2. The van der Waals surface area contributed by atoms with Crippen molar-refractivity contribution in [2.75, 3.05) is 19.1 Å². The van der Waals surface area contributed by atoms with Crippen LogP contribution >= 0.6 is 0 Å². The van der Waals surface area contributed by atoms with Crippen LogP contribution in [0.2, 0.25) is 0 Å². The molecule has 0 aromatic heterocycles. The normalized spacial score (nSPS) is 16.8. The van der Waals surface area contributed by atoms with E-state index >= 15 is 0 Å². The van der Waals surface area contributed by atoms with E-state index in [0.29, 0.717) is 22.7 Å². The van der Waals surface area contributed by atoms with Crippen LogP contribution in [-0.2, 0) is 9.59 Å². The van der Waals surface area contributed by atoms with Crippen molar-refractivity contribution in [2.45, 2.75) is 13.0 Å². The van der Waals surface area contributed by atoms with Gasteiger partial charge in [0.1, 0.15) is 11.5 Å². The summed E-state index contributed by atoms with van der Waals surface area (Å²) < 4.78 is 10.5. The summed E-state index contributed by atoms with van der Waals surface area (Å²) in [6, 6.07) is 13.2. The van der Waals surface area contributed by atoms with E-state index in [1.54, 1.807) is 55.6 Å². The second-order valence-corrected chi connectivity index (χ2v) is 5.84. The van der Waals surface area contributed by atoms with Gasteiger partial charge in [0.15, 0.2) is 11.5 Å². The summed E-state index contributed by atoms with van der Waals surface area (Å²) >= 11 is 0. The predicted octanol–water partition coefficient (Wildman–Crippen LogP) is 3.19. The molecule has 0 saturated heterocycles. The Morgan fingerprint density at radius 1 is 1.04 bits per heavy atom. The maximum Gasteiger partial charge on any atom is 0.294 e. The van der Waals surface area contributed by atoms with Gasteiger partial charge in [-0.2, -0.15) is 0 Å². The Balaban J connectivity index is 2.18. The first-order valence-electron chi connectivity index (χ1n) is 8.04. The van der Waals surface area contributed by atoms with Crippen LogP contribution in [-0.4, -0.2) is 31.0 Å². The highest BCUT2D eigenvalue weighted by Gasteiger charge is 2.44. The monoisotopic (exact) mass is 353 g/mol. The fourth-order valence-electron chi connectivity index (χ4n) is 3.14. The molecule has 26 heavy (non-hydrogen) atoms. The summed E-state index contributed by atoms with van der Waals surface area (Å²) in [5.41, 5.74) is 1.22. The van der Waals surface area contributed by atoms with Crippen molar-refractivity contribution < 1.29 is 24.2 Å². The fourth-order valence-corrected chi connectivity index (χ4v) is 3.14. The molecule has 2 aromatic rings. The lowest BCUT2D eigenvalue weighted by molar-refractivity contribution is -0.117. The molecule has 1 N–H and O–H groups in total. The Bertz CT molecular complexity index is 885. The first-order chi connectivity index (χ1) is 12.5. The molecule has 2 aromatic carbocycles. The molecule has 134 valence electrons. The Labute approximate surface area is 151 Å². The van der Waals surface area contributed by atoms with Gasteiger partial charge in [0, 0.05) is 0 Å². The Kier molecular flexibility index (Phi) is 4.67. The summed E-state index contributed by atoms with van der Waals surface area (Å²) in [6.07, 6.45) is 0. The third kappa shape index (κ3) is 2.79. The SMILES string of the molecule is COc1ccc([C@@H]2C(C(C)=O)=C(O)C(=O)N2c2ccccc2OC)cc1. The second-order valence-electron chi connectivity index (χ2n) is 5.84. The van der Waals surface area contributed by atoms with E-state index in [0.717, 1.165) is 0 Å². The minimum Gasteiger partial charge on any atom is -0.503 e. The maximum atomic E-state index is 12.8. The van der Waals surface area contributed by atoms with E-state index < -0.39 is 17.7 Å². The van der Waals surface area contributed by atoms with Crippen molar-refractivity contribution in [2.24, 2.45) is 0 Å². The Morgan fingerprint density at radius 3 is 2.27 bits per heavy atom. The standard InChI is InChI=1S/C20H19NO5/c1-12(22)17-18(13-8-10-14(25-2)11-9-13)21(20(24)19(17)23)15-6-4-5-7-16(15)26-3/h4-11,18,23H,1-3H3/t18-/m1/s1. The highest BCUT2D eigenvalue weighted by atomic mass is 16.5.